The van der Waals surface area contributed by atoms with Crippen LogP contribution in [0.25, 0.3) is 21.7 Å². The second-order valence-electron chi connectivity index (χ2n) is 3.85. The summed E-state index contributed by atoms with van der Waals surface area (Å²) in [6.07, 6.45) is 1.68. The Balaban J connectivity index is 2.72. The highest BCUT2D eigenvalue weighted by Crippen LogP contribution is 2.32. The molecule has 0 atom stereocenters. The van der Waals surface area contributed by atoms with Crippen LogP contribution in [-0.2, 0) is 0 Å². The third-order valence-corrected chi connectivity index (χ3v) is 2.81. The van der Waals surface area contributed by atoms with Crippen LogP contribution in [0.3, 0.4) is 0 Å². The number of aryl methyl sites for hydroxylation is 1. The lowest BCUT2D eigenvalue weighted by Gasteiger charge is -2.07. The van der Waals surface area contributed by atoms with Gasteiger partial charge in [-0.15, -0.1) is 0 Å². The molecular weight excluding hydrogens is 198 g/mol. The van der Waals surface area contributed by atoms with Crippen molar-refractivity contribution in [3.8, 4) is 5.75 Å². The molecule has 2 nitrogen and oxygen atoms in total. The summed E-state index contributed by atoms with van der Waals surface area (Å²) < 4.78 is 8.12. The van der Waals surface area contributed by atoms with Gasteiger partial charge < -0.3 is 5.11 Å². The van der Waals surface area contributed by atoms with Crippen molar-refractivity contribution in [1.82, 2.24) is 4.98 Å². The zero-order chi connectivity index (χ0) is 12.0. The van der Waals surface area contributed by atoms with E-state index in [0.29, 0.717) is 11.6 Å². The fraction of sp³-hybridized carbons (Fsp3) is 0.0714. The van der Waals surface area contributed by atoms with E-state index >= 15 is 0 Å². The van der Waals surface area contributed by atoms with E-state index in [-0.39, 0.29) is 5.75 Å². The molecule has 0 saturated carbocycles. The molecule has 0 aliphatic rings. The number of hydrogen-bond donors (Lipinski definition) is 1. The standard InChI is InChI=1S/C14H11NO/c1-9-8-10-4-3-7-15-14(10)13-11(9)5-2-6-12(13)16/h2-8,16H,1H3/i8D. The van der Waals surface area contributed by atoms with Gasteiger partial charge in [0, 0.05) is 11.6 Å². The van der Waals surface area contributed by atoms with E-state index in [1.807, 2.05) is 25.1 Å². The summed E-state index contributed by atoms with van der Waals surface area (Å²) in [7, 11) is 0. The molecule has 3 aromatic rings. The van der Waals surface area contributed by atoms with E-state index in [1.54, 1.807) is 18.3 Å². The number of benzene rings is 2. The highest BCUT2D eigenvalue weighted by atomic mass is 16.3. The third kappa shape index (κ3) is 1.16. The van der Waals surface area contributed by atoms with Crippen LogP contribution in [-0.4, -0.2) is 10.1 Å². The van der Waals surface area contributed by atoms with Gasteiger partial charge in [0.15, 0.2) is 0 Å². The zero-order valence-corrected chi connectivity index (χ0v) is 8.86. The maximum atomic E-state index is 9.98. The van der Waals surface area contributed by atoms with Gasteiger partial charge in [0.25, 0.3) is 0 Å². The molecule has 16 heavy (non-hydrogen) atoms. The summed E-state index contributed by atoms with van der Waals surface area (Å²) in [4.78, 5) is 4.29. The molecule has 78 valence electrons. The molecule has 0 aliphatic carbocycles. The molecule has 1 N–H and O–H groups in total. The molecule has 0 unspecified atom stereocenters. The number of phenolic OH excluding ortho intramolecular Hbond substituents is 1. The van der Waals surface area contributed by atoms with E-state index in [2.05, 4.69) is 4.98 Å². The fourth-order valence-corrected chi connectivity index (χ4v) is 2.08. The largest absolute Gasteiger partial charge is 0.507 e. The Morgan fingerprint density at radius 3 is 3.00 bits per heavy atom. The average molecular weight is 210 g/mol. The minimum Gasteiger partial charge on any atom is -0.507 e. The molecule has 2 heteroatoms. The first-order valence-corrected chi connectivity index (χ1v) is 5.15. The summed E-state index contributed by atoms with van der Waals surface area (Å²) in [5, 5.41) is 12.4. The minimum atomic E-state index is 0.217. The van der Waals surface area contributed by atoms with Crippen molar-refractivity contribution >= 4 is 21.7 Å². The van der Waals surface area contributed by atoms with E-state index in [4.69, 9.17) is 1.37 Å². The number of pyridine rings is 1. The van der Waals surface area contributed by atoms with Gasteiger partial charge in [-0.2, -0.15) is 0 Å². The quantitative estimate of drug-likeness (QED) is 0.577. The van der Waals surface area contributed by atoms with Crippen LogP contribution < -0.4 is 0 Å². The number of phenols is 1. The topological polar surface area (TPSA) is 33.1 Å². The monoisotopic (exact) mass is 210 g/mol. The third-order valence-electron chi connectivity index (χ3n) is 2.81. The number of aromatic hydroxyl groups is 1. The number of rotatable bonds is 0. The van der Waals surface area contributed by atoms with Crippen LogP contribution in [0.5, 0.6) is 5.75 Å². The van der Waals surface area contributed by atoms with Crippen molar-refractivity contribution in [3.63, 3.8) is 0 Å². The van der Waals surface area contributed by atoms with Crippen LogP contribution in [0.15, 0.2) is 42.6 Å². The number of aromatic nitrogens is 1. The van der Waals surface area contributed by atoms with Gasteiger partial charge in [-0.3, -0.25) is 4.98 Å². The van der Waals surface area contributed by atoms with Crippen LogP contribution in [0.2, 0.25) is 0 Å². The molecule has 1 aromatic heterocycles. The van der Waals surface area contributed by atoms with E-state index < -0.39 is 0 Å². The van der Waals surface area contributed by atoms with Gasteiger partial charge in [-0.1, -0.05) is 18.2 Å². The molecule has 0 bridgehead atoms. The van der Waals surface area contributed by atoms with Gasteiger partial charge in [-0.25, -0.2) is 0 Å². The minimum absolute atomic E-state index is 0.217. The molecule has 3 rings (SSSR count). The predicted octanol–water partition coefficient (Wildman–Crippen LogP) is 3.40. The van der Waals surface area contributed by atoms with Crippen molar-refractivity contribution in [2.45, 2.75) is 6.92 Å². The number of fused-ring (bicyclic) bond motifs is 3. The molecule has 0 spiro atoms. The maximum absolute atomic E-state index is 9.98. The molecule has 0 amide bonds. The lowest BCUT2D eigenvalue weighted by molar-refractivity contribution is 0.482. The molecule has 0 aliphatic heterocycles. The highest BCUT2D eigenvalue weighted by Gasteiger charge is 2.07. The molecule has 0 radical (unpaired) electrons. The summed E-state index contributed by atoms with van der Waals surface area (Å²) in [6, 6.07) is 9.51. The first-order chi connectivity index (χ1) is 8.20. The van der Waals surface area contributed by atoms with Crippen LogP contribution >= 0.6 is 0 Å². The second kappa shape index (κ2) is 3.20. The second-order valence-corrected chi connectivity index (χ2v) is 3.85. The molecule has 0 saturated heterocycles. The molecule has 1 heterocycles. The van der Waals surface area contributed by atoms with Crippen molar-refractivity contribution in [1.29, 1.82) is 0 Å². The Morgan fingerprint density at radius 1 is 1.25 bits per heavy atom. The Morgan fingerprint density at radius 2 is 2.12 bits per heavy atom. The maximum Gasteiger partial charge on any atom is 0.125 e. The van der Waals surface area contributed by atoms with Crippen molar-refractivity contribution in [2.24, 2.45) is 0 Å². The SMILES string of the molecule is [2H]c1c(C)c2cccc(O)c2c2ncccc12. The van der Waals surface area contributed by atoms with Gasteiger partial charge >= 0.3 is 0 Å². The van der Waals surface area contributed by atoms with Crippen LogP contribution in [0, 0.1) is 6.92 Å². The van der Waals surface area contributed by atoms with Gasteiger partial charge in [0.2, 0.25) is 0 Å². The molecule has 0 fully saturated rings. The van der Waals surface area contributed by atoms with E-state index in [1.165, 1.54) is 0 Å². The van der Waals surface area contributed by atoms with Gasteiger partial charge in [0.05, 0.1) is 12.3 Å². The first kappa shape index (κ1) is 8.11. The van der Waals surface area contributed by atoms with Crippen molar-refractivity contribution in [2.75, 3.05) is 0 Å². The normalized spacial score (nSPS) is 11.9. The molecule has 2 aromatic carbocycles. The van der Waals surface area contributed by atoms with E-state index in [0.717, 1.165) is 21.7 Å². The van der Waals surface area contributed by atoms with Crippen molar-refractivity contribution < 1.29 is 6.48 Å². The smallest absolute Gasteiger partial charge is 0.125 e. The Bertz CT molecular complexity index is 737. The number of hydrogen-bond acceptors (Lipinski definition) is 2. The molecular formula is C14H11NO. The Labute approximate surface area is 94.6 Å². The first-order valence-electron chi connectivity index (χ1n) is 5.65. The zero-order valence-electron chi connectivity index (χ0n) is 9.86. The Kier molecular flexibility index (Phi) is 1.62. The summed E-state index contributed by atoms with van der Waals surface area (Å²) >= 11 is 0. The predicted molar refractivity (Wildman–Crippen MR) is 65.7 cm³/mol. The van der Waals surface area contributed by atoms with Crippen LogP contribution in [0.4, 0.5) is 0 Å². The Hall–Kier alpha value is -2.09. The van der Waals surface area contributed by atoms with Gasteiger partial charge in [-0.05, 0) is 36.0 Å². The van der Waals surface area contributed by atoms with Crippen molar-refractivity contribution in [3.05, 3.63) is 48.1 Å². The summed E-state index contributed by atoms with van der Waals surface area (Å²) in [5.41, 5.74) is 1.56. The summed E-state index contributed by atoms with van der Waals surface area (Å²) in [5.74, 6) is 0.217. The lowest BCUT2D eigenvalue weighted by Crippen LogP contribution is -1.85. The summed E-state index contributed by atoms with van der Waals surface area (Å²) in [6.45, 7) is 1.90. The van der Waals surface area contributed by atoms with E-state index in [9.17, 15) is 5.11 Å². The fourth-order valence-electron chi connectivity index (χ4n) is 2.08. The lowest BCUT2D eigenvalue weighted by atomic mass is 10.0. The highest BCUT2D eigenvalue weighted by molar-refractivity contribution is 6.09. The average Bonchev–Trinajstić information content (AvgIpc) is 2.36. The van der Waals surface area contributed by atoms with Crippen LogP contribution in [0.1, 0.15) is 6.93 Å². The van der Waals surface area contributed by atoms with Gasteiger partial charge in [0.1, 0.15) is 5.75 Å². The number of nitrogens with zero attached hydrogens (tertiary/aromatic N) is 1.